The Kier molecular flexibility index (Phi) is 6.34. The van der Waals surface area contributed by atoms with Gasteiger partial charge >= 0.3 is 12.4 Å². The van der Waals surface area contributed by atoms with Gasteiger partial charge in [0.25, 0.3) is 0 Å². The topological polar surface area (TPSA) is 58.6 Å². The molecule has 0 amide bonds. The summed E-state index contributed by atoms with van der Waals surface area (Å²) in [6.45, 7) is -1.53. The summed E-state index contributed by atoms with van der Waals surface area (Å²) in [5.41, 5.74) is 0.461. The SMILES string of the molecule is O=S(=O)(c1ccc(CN2C=CC3NC=CC3=C2)cc1)c1ccc(C(F)(F)F)cc1OCC(F)(F)F. The number of halogens is 6. The van der Waals surface area contributed by atoms with Crippen LogP contribution in [0.2, 0.25) is 0 Å². The van der Waals surface area contributed by atoms with Gasteiger partial charge < -0.3 is 15.0 Å². The molecule has 0 spiro atoms. The quantitative estimate of drug-likeness (QED) is 0.537. The molecule has 0 saturated carbocycles. The van der Waals surface area contributed by atoms with Gasteiger partial charge in [0.1, 0.15) is 10.6 Å². The van der Waals surface area contributed by atoms with Gasteiger partial charge in [-0.1, -0.05) is 12.1 Å². The Morgan fingerprint density at radius 3 is 2.37 bits per heavy atom. The highest BCUT2D eigenvalue weighted by atomic mass is 32.2. The van der Waals surface area contributed by atoms with Gasteiger partial charge in [-0.25, -0.2) is 8.42 Å². The van der Waals surface area contributed by atoms with E-state index in [9.17, 15) is 34.8 Å². The fourth-order valence-corrected chi connectivity index (χ4v) is 4.94. The third-order valence-corrected chi connectivity index (χ3v) is 7.06. The lowest BCUT2D eigenvalue weighted by Crippen LogP contribution is -2.24. The maximum Gasteiger partial charge on any atom is 0.422 e. The minimum atomic E-state index is -4.90. The monoisotopic (exact) mass is 516 g/mol. The fraction of sp³-hybridized carbons (Fsp3) is 0.217. The molecule has 1 unspecified atom stereocenters. The molecule has 0 fully saturated rings. The predicted molar refractivity (Wildman–Crippen MR) is 114 cm³/mol. The van der Waals surface area contributed by atoms with Crippen molar-refractivity contribution in [2.45, 2.75) is 34.7 Å². The molecular formula is C23H18F6N2O3S. The van der Waals surface area contributed by atoms with E-state index in [1.807, 2.05) is 35.7 Å². The Morgan fingerprint density at radius 2 is 1.71 bits per heavy atom. The summed E-state index contributed by atoms with van der Waals surface area (Å²) in [6, 6.07) is 6.98. The Balaban J connectivity index is 1.59. The van der Waals surface area contributed by atoms with E-state index in [4.69, 9.17) is 0 Å². The molecule has 186 valence electrons. The van der Waals surface area contributed by atoms with Crippen LogP contribution in [0.4, 0.5) is 26.3 Å². The maximum atomic E-state index is 13.1. The van der Waals surface area contributed by atoms with Crippen molar-refractivity contribution in [2.75, 3.05) is 6.61 Å². The van der Waals surface area contributed by atoms with Gasteiger partial charge in [0, 0.05) is 18.9 Å². The number of nitrogens with zero attached hydrogens (tertiary/aromatic N) is 1. The van der Waals surface area contributed by atoms with E-state index in [1.165, 1.54) is 24.3 Å². The number of nitrogens with one attached hydrogen (secondary N) is 1. The summed E-state index contributed by atoms with van der Waals surface area (Å²) < 4.78 is 108. The lowest BCUT2D eigenvalue weighted by atomic mass is 10.1. The molecule has 1 N–H and O–H groups in total. The number of ether oxygens (including phenoxy) is 1. The fourth-order valence-electron chi connectivity index (χ4n) is 3.56. The second-order valence-corrected chi connectivity index (χ2v) is 9.75. The van der Waals surface area contributed by atoms with Gasteiger partial charge in [-0.2, -0.15) is 26.3 Å². The molecule has 0 bridgehead atoms. The van der Waals surface area contributed by atoms with Gasteiger partial charge in [-0.3, -0.25) is 0 Å². The van der Waals surface area contributed by atoms with Crippen LogP contribution >= 0.6 is 0 Å². The summed E-state index contributed by atoms with van der Waals surface area (Å²) in [7, 11) is -4.48. The molecule has 2 aliphatic rings. The second-order valence-electron chi connectivity index (χ2n) is 7.83. The van der Waals surface area contributed by atoms with Crippen LogP contribution in [-0.2, 0) is 22.6 Å². The van der Waals surface area contributed by atoms with Crippen molar-refractivity contribution in [3.8, 4) is 5.75 Å². The first kappa shape index (κ1) is 24.7. The standard InChI is InChI=1S/C23H18F6N2O3S/c24-22(25,26)14-34-20-11-17(23(27,28)29)3-6-21(20)35(32,33)18-4-1-15(2-5-18)12-31-10-8-19-16(13-31)7-9-30-19/h1-11,13,19,30H,12,14H2. The van der Waals surface area contributed by atoms with Crippen molar-refractivity contribution in [2.24, 2.45) is 0 Å². The molecule has 2 heterocycles. The van der Waals surface area contributed by atoms with E-state index in [-0.39, 0.29) is 17.0 Å². The van der Waals surface area contributed by atoms with Crippen LogP contribution in [0, 0.1) is 0 Å². The van der Waals surface area contributed by atoms with Gasteiger partial charge in [0.15, 0.2) is 6.61 Å². The van der Waals surface area contributed by atoms with E-state index >= 15 is 0 Å². The van der Waals surface area contributed by atoms with Gasteiger partial charge in [-0.15, -0.1) is 0 Å². The third kappa shape index (κ3) is 5.64. The smallest absolute Gasteiger partial charge is 0.422 e. The minimum absolute atomic E-state index is 0.108. The molecule has 2 aromatic rings. The second kappa shape index (κ2) is 8.99. The Bertz CT molecular complexity index is 1300. The number of hydrogen-bond donors (Lipinski definition) is 1. The number of fused-ring (bicyclic) bond motifs is 1. The largest absolute Gasteiger partial charge is 0.483 e. The highest BCUT2D eigenvalue weighted by Gasteiger charge is 2.35. The van der Waals surface area contributed by atoms with E-state index in [0.29, 0.717) is 18.7 Å². The number of alkyl halides is 6. The molecule has 0 aromatic heterocycles. The predicted octanol–water partition coefficient (Wildman–Crippen LogP) is 5.18. The van der Waals surface area contributed by atoms with Gasteiger partial charge in [0.2, 0.25) is 9.84 Å². The number of sulfone groups is 1. The molecule has 2 aliphatic heterocycles. The first-order valence-corrected chi connectivity index (χ1v) is 11.6. The number of hydrogen-bond acceptors (Lipinski definition) is 5. The summed E-state index contributed by atoms with van der Waals surface area (Å²) in [5, 5.41) is 3.15. The third-order valence-electron chi connectivity index (χ3n) is 5.25. The minimum Gasteiger partial charge on any atom is -0.483 e. The average Bonchev–Trinajstić information content (AvgIpc) is 3.25. The van der Waals surface area contributed by atoms with Crippen molar-refractivity contribution in [1.82, 2.24) is 10.2 Å². The highest BCUT2D eigenvalue weighted by molar-refractivity contribution is 7.91. The van der Waals surface area contributed by atoms with Crippen LogP contribution in [0.5, 0.6) is 5.75 Å². The van der Waals surface area contributed by atoms with E-state index in [1.54, 1.807) is 0 Å². The lowest BCUT2D eigenvalue weighted by molar-refractivity contribution is -0.154. The van der Waals surface area contributed by atoms with Crippen LogP contribution in [0.15, 0.2) is 88.6 Å². The van der Waals surface area contributed by atoms with Gasteiger partial charge in [0.05, 0.1) is 16.5 Å². The van der Waals surface area contributed by atoms with Crippen LogP contribution in [0.25, 0.3) is 0 Å². The zero-order valence-corrected chi connectivity index (χ0v) is 18.6. The molecule has 1 atom stereocenters. The highest BCUT2D eigenvalue weighted by Crippen LogP contribution is 2.37. The van der Waals surface area contributed by atoms with Crippen molar-refractivity contribution in [3.05, 3.63) is 89.9 Å². The van der Waals surface area contributed by atoms with Crippen LogP contribution in [0.3, 0.4) is 0 Å². The summed E-state index contributed by atoms with van der Waals surface area (Å²) in [5.74, 6) is -1.03. The van der Waals surface area contributed by atoms with Crippen molar-refractivity contribution >= 4 is 9.84 Å². The molecule has 2 aromatic carbocycles. The van der Waals surface area contributed by atoms with E-state index in [2.05, 4.69) is 10.1 Å². The van der Waals surface area contributed by atoms with Gasteiger partial charge in [-0.05, 0) is 59.8 Å². The Labute approximate surface area is 196 Å². The number of benzene rings is 2. The molecule has 5 nitrogen and oxygen atoms in total. The summed E-state index contributed by atoms with van der Waals surface area (Å²) in [4.78, 5) is 0.803. The van der Waals surface area contributed by atoms with E-state index < -0.39 is 45.0 Å². The molecule has 4 rings (SSSR count). The van der Waals surface area contributed by atoms with E-state index in [0.717, 1.165) is 11.1 Å². The zero-order valence-electron chi connectivity index (χ0n) is 17.8. The molecule has 0 radical (unpaired) electrons. The first-order chi connectivity index (χ1) is 16.3. The number of rotatable bonds is 6. The van der Waals surface area contributed by atoms with Crippen molar-refractivity contribution in [1.29, 1.82) is 0 Å². The summed E-state index contributed by atoms with van der Waals surface area (Å²) in [6.07, 6.45) is -0.259. The molecule has 12 heteroatoms. The lowest BCUT2D eigenvalue weighted by Gasteiger charge is -2.23. The molecule has 35 heavy (non-hydrogen) atoms. The van der Waals surface area contributed by atoms with Crippen molar-refractivity contribution in [3.63, 3.8) is 0 Å². The first-order valence-electron chi connectivity index (χ1n) is 10.2. The molecular weight excluding hydrogens is 498 g/mol. The Hall–Kier alpha value is -3.41. The average molecular weight is 516 g/mol. The zero-order chi connectivity index (χ0) is 25.4. The summed E-state index contributed by atoms with van der Waals surface area (Å²) >= 11 is 0. The maximum absolute atomic E-state index is 13.1. The Morgan fingerprint density at radius 1 is 1.00 bits per heavy atom. The van der Waals surface area contributed by atoms with Crippen LogP contribution < -0.4 is 10.1 Å². The van der Waals surface area contributed by atoms with Crippen LogP contribution in [-0.4, -0.2) is 32.1 Å². The normalized spacial score (nSPS) is 17.7. The van der Waals surface area contributed by atoms with Crippen LogP contribution in [0.1, 0.15) is 11.1 Å². The molecule has 0 aliphatic carbocycles. The van der Waals surface area contributed by atoms with Crippen molar-refractivity contribution < 1.29 is 39.5 Å². The molecule has 0 saturated heterocycles.